The Labute approximate surface area is 318 Å². The molecule has 5 nitrogen and oxygen atoms in total. The lowest BCUT2D eigenvalue weighted by atomic mass is 9.82. The lowest BCUT2D eigenvalue weighted by Gasteiger charge is -2.26. The molecule has 0 unspecified atom stereocenters. The molecule has 2 aliphatic rings. The van der Waals surface area contributed by atoms with E-state index in [9.17, 15) is 0 Å². The first-order valence-electron chi connectivity index (χ1n) is 18.6. The predicted molar refractivity (Wildman–Crippen MR) is 221 cm³/mol. The fourth-order valence-electron chi connectivity index (χ4n) is 8.38. The van der Waals surface area contributed by atoms with E-state index in [0.717, 1.165) is 50.3 Å². The monoisotopic (exact) mass is 707 g/mol. The van der Waals surface area contributed by atoms with Gasteiger partial charge >= 0.3 is 0 Å². The Morgan fingerprint density at radius 1 is 0.400 bits per heavy atom. The number of benzene rings is 8. The summed E-state index contributed by atoms with van der Waals surface area (Å²) in [6.07, 6.45) is 0. The fourth-order valence-corrected chi connectivity index (χ4v) is 8.38. The number of nitrogens with zero attached hydrogens (tertiary/aromatic N) is 3. The molecule has 9 aromatic rings. The second kappa shape index (κ2) is 12.0. The predicted octanol–water partition coefficient (Wildman–Crippen LogP) is 13.1. The smallest absolute Gasteiger partial charge is 0.178 e. The molecule has 1 aliphatic heterocycles. The molecule has 0 atom stereocenters. The SMILES string of the molecule is CC1(C)c2ccccc2-c2c1ccc1c2Oc2c(cccc2-c2ccc(-c3nc(-c4ccccc4)nc(-c4ccc5c(ccc6ccccc65)c4)n3)cc2)O1. The summed E-state index contributed by atoms with van der Waals surface area (Å²) in [4.78, 5) is 15.1. The van der Waals surface area contributed by atoms with Gasteiger partial charge in [0.1, 0.15) is 0 Å². The average Bonchev–Trinajstić information content (AvgIpc) is 3.48. The Morgan fingerprint density at radius 3 is 1.85 bits per heavy atom. The van der Waals surface area contributed by atoms with Gasteiger partial charge in [-0.3, -0.25) is 0 Å². The zero-order valence-corrected chi connectivity index (χ0v) is 30.2. The number of aromatic nitrogens is 3. The van der Waals surface area contributed by atoms with E-state index in [-0.39, 0.29) is 5.41 Å². The van der Waals surface area contributed by atoms with Gasteiger partial charge in [-0.05, 0) is 62.0 Å². The van der Waals surface area contributed by atoms with Crippen LogP contribution in [0.25, 0.3) is 78.0 Å². The molecular weight excluding hydrogens is 675 g/mol. The summed E-state index contributed by atoms with van der Waals surface area (Å²) in [6.45, 7) is 4.55. The molecule has 0 fully saturated rings. The third-order valence-electron chi connectivity index (χ3n) is 11.2. The van der Waals surface area contributed by atoms with E-state index >= 15 is 0 Å². The molecule has 8 aromatic carbocycles. The first-order chi connectivity index (χ1) is 27.0. The van der Waals surface area contributed by atoms with Crippen LogP contribution in [0.3, 0.4) is 0 Å². The van der Waals surface area contributed by atoms with Gasteiger partial charge in [0.2, 0.25) is 0 Å². The third-order valence-corrected chi connectivity index (χ3v) is 11.2. The van der Waals surface area contributed by atoms with Gasteiger partial charge in [-0.25, -0.2) is 15.0 Å². The van der Waals surface area contributed by atoms with Crippen LogP contribution >= 0.6 is 0 Å². The van der Waals surface area contributed by atoms with Crippen molar-refractivity contribution < 1.29 is 9.47 Å². The van der Waals surface area contributed by atoms with Crippen LogP contribution in [-0.2, 0) is 5.41 Å². The first-order valence-corrected chi connectivity index (χ1v) is 18.6. The van der Waals surface area contributed by atoms with Crippen LogP contribution in [0.1, 0.15) is 25.0 Å². The van der Waals surface area contributed by atoms with Crippen molar-refractivity contribution in [3.8, 4) is 79.4 Å². The maximum absolute atomic E-state index is 6.90. The van der Waals surface area contributed by atoms with E-state index in [1.165, 1.54) is 32.8 Å². The second-order valence-electron chi connectivity index (χ2n) is 14.8. The van der Waals surface area contributed by atoms with E-state index in [2.05, 4.69) is 129 Å². The van der Waals surface area contributed by atoms with Crippen LogP contribution in [0.15, 0.2) is 164 Å². The number of fused-ring (bicyclic) bond motifs is 9. The number of rotatable bonds is 4. The summed E-state index contributed by atoms with van der Waals surface area (Å²) >= 11 is 0. The van der Waals surface area contributed by atoms with Crippen LogP contribution in [0, 0.1) is 0 Å². The fraction of sp³-hybridized carbons (Fsp3) is 0.0600. The summed E-state index contributed by atoms with van der Waals surface area (Å²) in [6, 6.07) is 56.6. The van der Waals surface area contributed by atoms with Gasteiger partial charge in [-0.1, -0.05) is 159 Å². The van der Waals surface area contributed by atoms with E-state index < -0.39 is 0 Å². The zero-order valence-electron chi connectivity index (χ0n) is 30.2. The minimum Gasteiger partial charge on any atom is -0.449 e. The molecule has 1 aliphatic carbocycles. The summed E-state index contributed by atoms with van der Waals surface area (Å²) in [5.41, 5.74) is 9.40. The molecule has 0 amide bonds. The van der Waals surface area contributed by atoms with Crippen molar-refractivity contribution in [2.24, 2.45) is 0 Å². The molecule has 0 spiro atoms. The van der Waals surface area contributed by atoms with Crippen molar-refractivity contribution in [1.82, 2.24) is 15.0 Å². The Bertz CT molecular complexity index is 3010. The van der Waals surface area contributed by atoms with Gasteiger partial charge in [0, 0.05) is 33.2 Å². The Hall–Kier alpha value is -7.11. The molecule has 5 heteroatoms. The van der Waals surface area contributed by atoms with E-state index in [1.807, 2.05) is 48.5 Å². The average molecular weight is 708 g/mol. The van der Waals surface area contributed by atoms with Gasteiger partial charge < -0.3 is 9.47 Å². The van der Waals surface area contributed by atoms with Crippen molar-refractivity contribution in [3.05, 3.63) is 175 Å². The normalized spacial score (nSPS) is 13.3. The lowest BCUT2D eigenvalue weighted by Crippen LogP contribution is -2.15. The van der Waals surface area contributed by atoms with Crippen molar-refractivity contribution in [2.75, 3.05) is 0 Å². The molecule has 0 radical (unpaired) electrons. The first kappa shape index (κ1) is 31.4. The molecule has 0 saturated heterocycles. The minimum atomic E-state index is -0.140. The van der Waals surface area contributed by atoms with Gasteiger partial charge in [0.05, 0.1) is 0 Å². The highest BCUT2D eigenvalue weighted by Gasteiger charge is 2.39. The summed E-state index contributed by atoms with van der Waals surface area (Å²) < 4.78 is 13.4. The van der Waals surface area contributed by atoms with E-state index in [0.29, 0.717) is 29.0 Å². The highest BCUT2D eigenvalue weighted by molar-refractivity contribution is 6.08. The maximum atomic E-state index is 6.90. The maximum Gasteiger partial charge on any atom is 0.178 e. The van der Waals surface area contributed by atoms with Crippen LogP contribution < -0.4 is 9.47 Å². The number of ether oxygens (including phenoxy) is 2. The highest BCUT2D eigenvalue weighted by Crippen LogP contribution is 2.59. The van der Waals surface area contributed by atoms with Gasteiger partial charge in [0.15, 0.2) is 40.5 Å². The van der Waals surface area contributed by atoms with Crippen molar-refractivity contribution in [2.45, 2.75) is 19.3 Å². The Morgan fingerprint density at radius 2 is 1.02 bits per heavy atom. The zero-order chi connectivity index (χ0) is 36.7. The second-order valence-corrected chi connectivity index (χ2v) is 14.8. The third kappa shape index (κ3) is 4.97. The van der Waals surface area contributed by atoms with Crippen molar-refractivity contribution in [1.29, 1.82) is 0 Å². The lowest BCUT2D eigenvalue weighted by molar-refractivity contribution is 0.361. The molecule has 0 bridgehead atoms. The quantitative estimate of drug-likeness (QED) is 0.170. The van der Waals surface area contributed by atoms with Gasteiger partial charge in [0.25, 0.3) is 0 Å². The molecular formula is C50H33N3O2. The standard InChI is InChI=1S/C50H33N3O2/c1-50(2)40-17-9-8-15-39(40)44-41(50)27-28-43-46(44)55-45-38(16-10-18-42(45)54-43)31-19-22-33(23-20-31)48-51-47(32-12-4-3-5-13-32)52-49(53-48)35-25-26-37-34(29-35)24-21-30-11-6-7-14-36(30)37/h3-29H,1-2H3. The molecule has 0 saturated carbocycles. The van der Waals surface area contributed by atoms with Gasteiger partial charge in [-0.2, -0.15) is 0 Å². The summed E-state index contributed by atoms with van der Waals surface area (Å²) in [7, 11) is 0. The van der Waals surface area contributed by atoms with Crippen LogP contribution in [0.4, 0.5) is 0 Å². The van der Waals surface area contributed by atoms with Crippen molar-refractivity contribution in [3.63, 3.8) is 0 Å². The molecule has 11 rings (SSSR count). The summed E-state index contributed by atoms with van der Waals surface area (Å²) in [5, 5.41) is 4.79. The Balaban J connectivity index is 0.982. The molecule has 0 N–H and O–H groups in total. The van der Waals surface area contributed by atoms with E-state index in [4.69, 9.17) is 24.4 Å². The van der Waals surface area contributed by atoms with E-state index in [1.54, 1.807) is 0 Å². The van der Waals surface area contributed by atoms with Crippen molar-refractivity contribution >= 4 is 21.5 Å². The Kier molecular flexibility index (Phi) is 6.83. The van der Waals surface area contributed by atoms with Crippen LogP contribution in [0.2, 0.25) is 0 Å². The number of hydrogen-bond acceptors (Lipinski definition) is 5. The number of hydrogen-bond donors (Lipinski definition) is 0. The van der Waals surface area contributed by atoms with Crippen LogP contribution in [0.5, 0.6) is 23.0 Å². The molecule has 55 heavy (non-hydrogen) atoms. The molecule has 1 aromatic heterocycles. The van der Waals surface area contributed by atoms with Crippen LogP contribution in [-0.4, -0.2) is 15.0 Å². The van der Waals surface area contributed by atoms with Gasteiger partial charge in [-0.15, -0.1) is 0 Å². The highest BCUT2D eigenvalue weighted by atomic mass is 16.6. The molecule has 260 valence electrons. The molecule has 2 heterocycles. The number of para-hydroxylation sites is 1. The minimum absolute atomic E-state index is 0.140. The summed E-state index contributed by atoms with van der Waals surface area (Å²) in [5.74, 6) is 4.75. The topological polar surface area (TPSA) is 57.1 Å². The largest absolute Gasteiger partial charge is 0.449 e.